The second-order valence-corrected chi connectivity index (χ2v) is 4.59. The summed E-state index contributed by atoms with van der Waals surface area (Å²) in [6, 6.07) is 2.13. The second-order valence-electron chi connectivity index (χ2n) is 4.59. The SMILES string of the molecule is CCn1nccc1CN1CCC(CNC)C1. The first-order valence-corrected chi connectivity index (χ1v) is 6.21. The molecule has 16 heavy (non-hydrogen) atoms. The largest absolute Gasteiger partial charge is 0.319 e. The highest BCUT2D eigenvalue weighted by atomic mass is 15.3. The van der Waals surface area contributed by atoms with Gasteiger partial charge in [-0.15, -0.1) is 0 Å². The minimum Gasteiger partial charge on any atom is -0.319 e. The molecule has 90 valence electrons. The van der Waals surface area contributed by atoms with Crippen molar-refractivity contribution in [3.8, 4) is 0 Å². The number of nitrogens with zero attached hydrogens (tertiary/aromatic N) is 3. The predicted molar refractivity (Wildman–Crippen MR) is 65.2 cm³/mol. The van der Waals surface area contributed by atoms with Crippen molar-refractivity contribution in [2.45, 2.75) is 26.4 Å². The maximum absolute atomic E-state index is 4.31. The lowest BCUT2D eigenvalue weighted by atomic mass is 10.1. The average Bonchev–Trinajstić information content (AvgIpc) is 2.89. The molecule has 2 rings (SSSR count). The molecule has 0 radical (unpaired) electrons. The van der Waals surface area contributed by atoms with Gasteiger partial charge >= 0.3 is 0 Å². The smallest absolute Gasteiger partial charge is 0.0524 e. The summed E-state index contributed by atoms with van der Waals surface area (Å²) in [5, 5.41) is 7.58. The van der Waals surface area contributed by atoms with E-state index in [1.54, 1.807) is 0 Å². The van der Waals surface area contributed by atoms with Crippen molar-refractivity contribution in [1.82, 2.24) is 20.0 Å². The number of hydrogen-bond donors (Lipinski definition) is 1. The minimum absolute atomic E-state index is 0.822. The molecule has 4 heteroatoms. The van der Waals surface area contributed by atoms with Gasteiger partial charge in [-0.1, -0.05) is 0 Å². The van der Waals surface area contributed by atoms with Crippen molar-refractivity contribution in [1.29, 1.82) is 0 Å². The Morgan fingerprint density at radius 3 is 3.19 bits per heavy atom. The summed E-state index contributed by atoms with van der Waals surface area (Å²) in [5.41, 5.74) is 1.34. The molecule has 1 saturated heterocycles. The van der Waals surface area contributed by atoms with Crippen molar-refractivity contribution in [3.05, 3.63) is 18.0 Å². The van der Waals surface area contributed by atoms with Gasteiger partial charge in [-0.3, -0.25) is 9.58 Å². The van der Waals surface area contributed by atoms with E-state index in [1.807, 2.05) is 13.2 Å². The molecule has 0 aromatic carbocycles. The molecule has 1 aliphatic rings. The molecule has 0 amide bonds. The highest BCUT2D eigenvalue weighted by molar-refractivity contribution is 5.01. The number of nitrogens with one attached hydrogen (secondary N) is 1. The van der Waals surface area contributed by atoms with E-state index < -0.39 is 0 Å². The van der Waals surface area contributed by atoms with Gasteiger partial charge in [-0.25, -0.2) is 0 Å². The van der Waals surface area contributed by atoms with Crippen molar-refractivity contribution in [2.75, 3.05) is 26.7 Å². The number of aromatic nitrogens is 2. The van der Waals surface area contributed by atoms with Gasteiger partial charge in [0.25, 0.3) is 0 Å². The molecule has 0 bridgehead atoms. The van der Waals surface area contributed by atoms with Crippen molar-refractivity contribution in [3.63, 3.8) is 0 Å². The van der Waals surface area contributed by atoms with E-state index in [1.165, 1.54) is 25.2 Å². The lowest BCUT2D eigenvalue weighted by molar-refractivity contribution is 0.304. The second kappa shape index (κ2) is 5.46. The van der Waals surface area contributed by atoms with Gasteiger partial charge in [0.2, 0.25) is 0 Å². The highest BCUT2D eigenvalue weighted by Gasteiger charge is 2.22. The van der Waals surface area contributed by atoms with Crippen molar-refractivity contribution < 1.29 is 0 Å². The Bertz CT molecular complexity index is 321. The van der Waals surface area contributed by atoms with Gasteiger partial charge in [-0.2, -0.15) is 5.10 Å². The molecule has 2 heterocycles. The van der Waals surface area contributed by atoms with Gasteiger partial charge in [-0.05, 0) is 45.5 Å². The Hall–Kier alpha value is -0.870. The molecular formula is C12H22N4. The molecule has 1 unspecified atom stereocenters. The normalized spacial score (nSPS) is 21.8. The van der Waals surface area contributed by atoms with E-state index >= 15 is 0 Å². The average molecular weight is 222 g/mol. The first-order valence-electron chi connectivity index (χ1n) is 6.21. The molecule has 1 atom stereocenters. The maximum atomic E-state index is 4.31. The zero-order valence-corrected chi connectivity index (χ0v) is 10.3. The van der Waals surface area contributed by atoms with Gasteiger partial charge in [0.1, 0.15) is 0 Å². The third kappa shape index (κ3) is 2.62. The molecule has 0 spiro atoms. The van der Waals surface area contributed by atoms with E-state index in [4.69, 9.17) is 0 Å². The highest BCUT2D eigenvalue weighted by Crippen LogP contribution is 2.17. The van der Waals surface area contributed by atoms with E-state index in [2.05, 4.69) is 33.0 Å². The van der Waals surface area contributed by atoms with Crippen LogP contribution in [0.2, 0.25) is 0 Å². The molecule has 1 N–H and O–H groups in total. The van der Waals surface area contributed by atoms with Gasteiger partial charge < -0.3 is 5.32 Å². The van der Waals surface area contributed by atoms with Crippen LogP contribution in [0.4, 0.5) is 0 Å². The first kappa shape index (κ1) is 11.6. The first-order chi connectivity index (χ1) is 7.83. The summed E-state index contributed by atoms with van der Waals surface area (Å²) in [7, 11) is 2.04. The summed E-state index contributed by atoms with van der Waals surface area (Å²) < 4.78 is 2.09. The van der Waals surface area contributed by atoms with Crippen LogP contribution >= 0.6 is 0 Å². The third-order valence-corrected chi connectivity index (χ3v) is 3.35. The van der Waals surface area contributed by atoms with Crippen LogP contribution in [0.1, 0.15) is 19.0 Å². The van der Waals surface area contributed by atoms with Crippen molar-refractivity contribution >= 4 is 0 Å². The summed E-state index contributed by atoms with van der Waals surface area (Å²) >= 11 is 0. The lowest BCUT2D eigenvalue weighted by Crippen LogP contribution is -2.25. The Labute approximate surface area is 97.6 Å². The standard InChI is InChI=1S/C12H22N4/c1-3-16-12(4-6-14-16)10-15-7-5-11(9-15)8-13-2/h4,6,11,13H,3,5,7-10H2,1-2H3. The van der Waals surface area contributed by atoms with Crippen LogP contribution < -0.4 is 5.32 Å². The van der Waals surface area contributed by atoms with Gasteiger partial charge in [0, 0.05) is 25.8 Å². The Morgan fingerprint density at radius 1 is 1.56 bits per heavy atom. The van der Waals surface area contributed by atoms with Crippen LogP contribution in [0.25, 0.3) is 0 Å². The van der Waals surface area contributed by atoms with Gasteiger partial charge in [0.15, 0.2) is 0 Å². The molecule has 4 nitrogen and oxygen atoms in total. The van der Waals surface area contributed by atoms with E-state index in [0.29, 0.717) is 0 Å². The molecule has 0 saturated carbocycles. The van der Waals surface area contributed by atoms with Crippen LogP contribution in [0, 0.1) is 5.92 Å². The summed E-state index contributed by atoms with van der Waals surface area (Å²) in [5.74, 6) is 0.822. The maximum Gasteiger partial charge on any atom is 0.0524 e. The van der Waals surface area contributed by atoms with E-state index in [0.717, 1.165) is 25.6 Å². The Morgan fingerprint density at radius 2 is 2.44 bits per heavy atom. The number of likely N-dealkylation sites (tertiary alicyclic amines) is 1. The molecule has 1 aliphatic heterocycles. The van der Waals surface area contributed by atoms with E-state index in [-0.39, 0.29) is 0 Å². The fourth-order valence-electron chi connectivity index (χ4n) is 2.52. The van der Waals surface area contributed by atoms with Crippen molar-refractivity contribution in [2.24, 2.45) is 5.92 Å². The van der Waals surface area contributed by atoms with Crippen LogP contribution in [0.5, 0.6) is 0 Å². The minimum atomic E-state index is 0.822. The molecule has 0 aliphatic carbocycles. The number of rotatable bonds is 5. The fraction of sp³-hybridized carbons (Fsp3) is 0.750. The predicted octanol–water partition coefficient (Wildman–Crippen LogP) is 0.944. The zero-order valence-electron chi connectivity index (χ0n) is 10.3. The Balaban J connectivity index is 1.87. The number of aryl methyl sites for hydroxylation is 1. The van der Waals surface area contributed by atoms with Crippen LogP contribution in [-0.2, 0) is 13.1 Å². The van der Waals surface area contributed by atoms with E-state index in [9.17, 15) is 0 Å². The summed E-state index contributed by atoms with van der Waals surface area (Å²) in [6.07, 6.45) is 3.22. The lowest BCUT2D eigenvalue weighted by Gasteiger charge is -2.16. The van der Waals surface area contributed by atoms with Crippen LogP contribution in [0.15, 0.2) is 12.3 Å². The zero-order chi connectivity index (χ0) is 11.4. The summed E-state index contributed by atoms with van der Waals surface area (Å²) in [6.45, 7) is 7.75. The molecule has 1 aromatic heterocycles. The Kier molecular flexibility index (Phi) is 3.96. The third-order valence-electron chi connectivity index (χ3n) is 3.35. The monoisotopic (exact) mass is 222 g/mol. The topological polar surface area (TPSA) is 33.1 Å². The number of hydrogen-bond acceptors (Lipinski definition) is 3. The molecule has 1 fully saturated rings. The van der Waals surface area contributed by atoms with Gasteiger partial charge in [0.05, 0.1) is 5.69 Å². The molecule has 1 aromatic rings. The van der Waals surface area contributed by atoms with Crippen LogP contribution in [-0.4, -0.2) is 41.4 Å². The summed E-state index contributed by atoms with van der Waals surface area (Å²) in [4.78, 5) is 2.53. The fourth-order valence-corrected chi connectivity index (χ4v) is 2.52. The van der Waals surface area contributed by atoms with Crippen LogP contribution in [0.3, 0.4) is 0 Å². The quantitative estimate of drug-likeness (QED) is 0.805. The molecular weight excluding hydrogens is 200 g/mol.